The van der Waals surface area contributed by atoms with Crippen molar-refractivity contribution in [2.24, 2.45) is 0 Å². The number of ether oxygens (including phenoxy) is 1. The molecule has 1 rings (SSSR count). The molecule has 0 spiro atoms. The Bertz CT molecular complexity index is 414. The molecule has 1 heterocycles. The maximum atomic E-state index is 12.2. The van der Waals surface area contributed by atoms with Crippen LogP contribution in [0.3, 0.4) is 0 Å². The number of hydrogen-bond acceptors (Lipinski definition) is 3. The molecule has 0 unspecified atom stereocenters. The second-order valence-electron chi connectivity index (χ2n) is 2.68. The predicted molar refractivity (Wildman–Crippen MR) is 48.0 cm³/mol. The van der Waals surface area contributed by atoms with Gasteiger partial charge in [0.15, 0.2) is 0 Å². The third kappa shape index (κ3) is 2.61. The molecule has 0 aliphatic carbocycles. The molecule has 1 aromatic rings. The van der Waals surface area contributed by atoms with Crippen LogP contribution in [0, 0.1) is 0 Å². The largest absolute Gasteiger partial charge is 0.461 e. The van der Waals surface area contributed by atoms with E-state index in [0.717, 1.165) is 12.1 Å². The van der Waals surface area contributed by atoms with Crippen molar-refractivity contribution < 1.29 is 18.3 Å². The number of rotatable bonds is 3. The topological polar surface area (TPSA) is 59.2 Å². The second kappa shape index (κ2) is 4.68. The van der Waals surface area contributed by atoms with Crippen LogP contribution in [0.15, 0.2) is 16.9 Å². The first-order valence-corrected chi connectivity index (χ1v) is 4.24. The minimum atomic E-state index is -2.86. The summed E-state index contributed by atoms with van der Waals surface area (Å²) in [6.07, 6.45) is -2.86. The molecule has 15 heavy (non-hydrogen) atoms. The molecular weight excluding hydrogens is 208 g/mol. The van der Waals surface area contributed by atoms with Gasteiger partial charge in [-0.1, -0.05) is 0 Å². The molecule has 6 heteroatoms. The van der Waals surface area contributed by atoms with Crippen molar-refractivity contribution in [2.45, 2.75) is 13.3 Å². The minimum absolute atomic E-state index is 0.133. The molecule has 0 aliphatic rings. The number of nitrogens with one attached hydrogen (secondary N) is 1. The van der Waals surface area contributed by atoms with Crippen LogP contribution in [-0.2, 0) is 4.74 Å². The summed E-state index contributed by atoms with van der Waals surface area (Å²) in [6.45, 7) is 1.75. The lowest BCUT2D eigenvalue weighted by Crippen LogP contribution is -2.18. The highest BCUT2D eigenvalue weighted by Crippen LogP contribution is 2.13. The average Bonchev–Trinajstić information content (AvgIpc) is 2.17. The van der Waals surface area contributed by atoms with Gasteiger partial charge in [-0.25, -0.2) is 13.6 Å². The number of halogens is 2. The molecule has 4 nitrogen and oxygen atoms in total. The fourth-order valence-corrected chi connectivity index (χ4v) is 0.985. The first-order valence-electron chi connectivity index (χ1n) is 4.24. The lowest BCUT2D eigenvalue weighted by atomic mass is 10.2. The van der Waals surface area contributed by atoms with E-state index in [1.165, 1.54) is 0 Å². The van der Waals surface area contributed by atoms with E-state index in [2.05, 4.69) is 4.74 Å². The van der Waals surface area contributed by atoms with Gasteiger partial charge in [-0.15, -0.1) is 0 Å². The highest BCUT2D eigenvalue weighted by Gasteiger charge is 2.14. The zero-order chi connectivity index (χ0) is 11.4. The fourth-order valence-electron chi connectivity index (χ4n) is 0.985. The number of carbonyl (C=O) groups excluding carboxylic acids is 1. The monoisotopic (exact) mass is 217 g/mol. The Morgan fingerprint density at radius 1 is 1.53 bits per heavy atom. The first kappa shape index (κ1) is 11.4. The van der Waals surface area contributed by atoms with Gasteiger partial charge >= 0.3 is 5.97 Å². The van der Waals surface area contributed by atoms with Gasteiger partial charge in [0, 0.05) is 0 Å². The number of hydrogen-bond donors (Lipinski definition) is 1. The molecule has 1 N–H and O–H groups in total. The van der Waals surface area contributed by atoms with Crippen LogP contribution in [0.1, 0.15) is 29.4 Å². The van der Waals surface area contributed by atoms with Gasteiger partial charge in [-0.2, -0.15) is 0 Å². The number of aromatic nitrogens is 1. The molecule has 82 valence electrons. The van der Waals surface area contributed by atoms with Gasteiger partial charge in [0.2, 0.25) is 0 Å². The number of esters is 1. The number of alkyl halides is 2. The number of H-pyrrole nitrogens is 1. The van der Waals surface area contributed by atoms with Gasteiger partial charge in [0.1, 0.15) is 5.69 Å². The van der Waals surface area contributed by atoms with Crippen molar-refractivity contribution in [1.82, 2.24) is 4.98 Å². The molecule has 0 saturated heterocycles. The van der Waals surface area contributed by atoms with E-state index < -0.39 is 23.5 Å². The van der Waals surface area contributed by atoms with Crippen molar-refractivity contribution in [1.29, 1.82) is 0 Å². The summed E-state index contributed by atoms with van der Waals surface area (Å²) < 4.78 is 28.9. The second-order valence-corrected chi connectivity index (χ2v) is 2.68. The maximum absolute atomic E-state index is 12.2. The SMILES string of the molecule is CCOC(=O)c1ccc(C(F)F)c(=O)[nH]1. The van der Waals surface area contributed by atoms with Gasteiger partial charge < -0.3 is 9.72 Å². The quantitative estimate of drug-likeness (QED) is 0.780. The van der Waals surface area contributed by atoms with Crippen molar-refractivity contribution in [3.05, 3.63) is 33.7 Å². The maximum Gasteiger partial charge on any atom is 0.354 e. The predicted octanol–water partition coefficient (Wildman–Crippen LogP) is 1.49. The molecule has 0 aliphatic heterocycles. The van der Waals surface area contributed by atoms with Crippen molar-refractivity contribution in [3.8, 4) is 0 Å². The van der Waals surface area contributed by atoms with Crippen LogP contribution in [0.5, 0.6) is 0 Å². The first-order chi connectivity index (χ1) is 7.06. The Hall–Kier alpha value is -1.72. The lowest BCUT2D eigenvalue weighted by molar-refractivity contribution is 0.0518. The molecule has 0 saturated carbocycles. The van der Waals surface area contributed by atoms with E-state index in [1.54, 1.807) is 6.92 Å². The summed E-state index contributed by atoms with van der Waals surface area (Å²) in [5.41, 5.74) is -1.77. The smallest absolute Gasteiger partial charge is 0.354 e. The van der Waals surface area contributed by atoms with Crippen LogP contribution < -0.4 is 5.56 Å². The highest BCUT2D eigenvalue weighted by molar-refractivity contribution is 5.87. The average molecular weight is 217 g/mol. The fraction of sp³-hybridized carbons (Fsp3) is 0.333. The summed E-state index contributed by atoms with van der Waals surface area (Å²) in [5.74, 6) is -0.740. The zero-order valence-corrected chi connectivity index (χ0v) is 7.92. The van der Waals surface area contributed by atoms with Gasteiger partial charge in [-0.05, 0) is 19.1 Å². The van der Waals surface area contributed by atoms with E-state index >= 15 is 0 Å². The van der Waals surface area contributed by atoms with E-state index in [4.69, 9.17) is 0 Å². The molecule has 0 atom stereocenters. The highest BCUT2D eigenvalue weighted by atomic mass is 19.3. The van der Waals surface area contributed by atoms with Crippen LogP contribution in [0.4, 0.5) is 8.78 Å². The number of carbonyl (C=O) groups is 1. The van der Waals surface area contributed by atoms with E-state index in [0.29, 0.717) is 0 Å². The Morgan fingerprint density at radius 2 is 2.20 bits per heavy atom. The van der Waals surface area contributed by atoms with Crippen molar-refractivity contribution in [2.75, 3.05) is 6.61 Å². The minimum Gasteiger partial charge on any atom is -0.461 e. The van der Waals surface area contributed by atoms with Gasteiger partial charge in [-0.3, -0.25) is 4.79 Å². The molecular formula is C9H9F2NO3. The van der Waals surface area contributed by atoms with E-state index in [1.807, 2.05) is 4.98 Å². The Balaban J connectivity index is 3.02. The van der Waals surface area contributed by atoms with Crippen molar-refractivity contribution >= 4 is 5.97 Å². The summed E-state index contributed by atoms with van der Waals surface area (Å²) >= 11 is 0. The molecule has 0 fully saturated rings. The summed E-state index contributed by atoms with van der Waals surface area (Å²) in [6, 6.07) is 2.01. The Kier molecular flexibility index (Phi) is 3.54. The summed E-state index contributed by atoms with van der Waals surface area (Å²) in [7, 11) is 0. The van der Waals surface area contributed by atoms with Crippen LogP contribution in [-0.4, -0.2) is 17.6 Å². The van der Waals surface area contributed by atoms with E-state index in [-0.39, 0.29) is 12.3 Å². The third-order valence-corrected chi connectivity index (χ3v) is 1.67. The summed E-state index contributed by atoms with van der Waals surface area (Å²) in [5, 5.41) is 0. The zero-order valence-electron chi connectivity index (χ0n) is 7.92. The number of aromatic amines is 1. The normalized spacial score (nSPS) is 10.4. The Labute approximate surface area is 83.9 Å². The van der Waals surface area contributed by atoms with Gasteiger partial charge in [0.05, 0.1) is 12.2 Å². The van der Waals surface area contributed by atoms with Crippen LogP contribution >= 0.6 is 0 Å². The van der Waals surface area contributed by atoms with Crippen molar-refractivity contribution in [3.63, 3.8) is 0 Å². The third-order valence-electron chi connectivity index (χ3n) is 1.67. The van der Waals surface area contributed by atoms with Crippen LogP contribution in [0.2, 0.25) is 0 Å². The molecule has 0 aromatic carbocycles. The summed E-state index contributed by atoms with van der Waals surface area (Å²) in [4.78, 5) is 24.2. The standard InChI is InChI=1S/C9H9F2NO3/c1-2-15-9(14)6-4-3-5(7(10)11)8(13)12-6/h3-4,7H,2H2,1H3,(H,12,13). The van der Waals surface area contributed by atoms with E-state index in [9.17, 15) is 18.4 Å². The number of pyridine rings is 1. The molecule has 0 bridgehead atoms. The lowest BCUT2D eigenvalue weighted by Gasteiger charge is -2.02. The molecule has 0 radical (unpaired) electrons. The van der Waals surface area contributed by atoms with Gasteiger partial charge in [0.25, 0.3) is 12.0 Å². The van der Waals surface area contributed by atoms with Crippen LogP contribution in [0.25, 0.3) is 0 Å². The molecule has 0 amide bonds. The molecule has 1 aromatic heterocycles. The Morgan fingerprint density at radius 3 is 2.67 bits per heavy atom.